The van der Waals surface area contributed by atoms with E-state index in [9.17, 15) is 9.59 Å². The maximum Gasteiger partial charge on any atom is 0.254 e. The Bertz CT molecular complexity index is 862. The fourth-order valence-corrected chi connectivity index (χ4v) is 2.42. The van der Waals surface area contributed by atoms with Gasteiger partial charge in [0.25, 0.3) is 5.56 Å². The Morgan fingerprint density at radius 3 is 2.30 bits per heavy atom. The summed E-state index contributed by atoms with van der Waals surface area (Å²) in [5, 5.41) is 2.74. The molecule has 0 aromatic carbocycles. The van der Waals surface area contributed by atoms with Crippen molar-refractivity contribution < 1.29 is 4.79 Å². The molecule has 2 aromatic rings. The topological polar surface area (TPSA) is 109 Å². The van der Waals surface area contributed by atoms with E-state index in [1.165, 1.54) is 17.0 Å². The summed E-state index contributed by atoms with van der Waals surface area (Å²) in [6, 6.07) is 1.52. The highest BCUT2D eigenvalue weighted by Crippen LogP contribution is 2.38. The molecule has 0 aliphatic heterocycles. The van der Waals surface area contributed by atoms with Crippen molar-refractivity contribution in [1.29, 1.82) is 0 Å². The van der Waals surface area contributed by atoms with Gasteiger partial charge in [-0.05, 0) is 12.8 Å². The average Bonchev–Trinajstić information content (AvgIpc) is 3.46. The molecule has 0 atom stereocenters. The fourth-order valence-electron chi connectivity index (χ4n) is 2.42. The van der Waals surface area contributed by atoms with Crippen LogP contribution in [-0.4, -0.2) is 58.6 Å². The Morgan fingerprint density at radius 1 is 1.15 bits per heavy atom. The Kier molecular flexibility index (Phi) is 5.33. The maximum absolute atomic E-state index is 12.2. The van der Waals surface area contributed by atoms with E-state index in [0.717, 1.165) is 18.5 Å². The molecule has 3 rings (SSSR count). The van der Waals surface area contributed by atoms with Crippen LogP contribution in [0, 0.1) is 0 Å². The van der Waals surface area contributed by atoms with Crippen molar-refractivity contribution in [2.24, 2.45) is 0 Å². The highest BCUT2D eigenvalue weighted by Gasteiger charge is 2.25. The lowest BCUT2D eigenvalue weighted by Crippen LogP contribution is -2.33. The molecule has 1 amide bonds. The number of hydrogen-bond donors (Lipinski definition) is 1. The van der Waals surface area contributed by atoms with Gasteiger partial charge in [-0.2, -0.15) is 15.0 Å². The molecule has 0 bridgehead atoms. The van der Waals surface area contributed by atoms with Crippen LogP contribution in [-0.2, 0) is 17.9 Å². The first-order chi connectivity index (χ1) is 12.8. The molecule has 10 nitrogen and oxygen atoms in total. The minimum atomic E-state index is -0.309. The summed E-state index contributed by atoms with van der Waals surface area (Å²) in [7, 11) is 7.34. The minimum Gasteiger partial charge on any atom is -0.347 e. The molecule has 10 heteroatoms. The lowest BCUT2D eigenvalue weighted by Gasteiger charge is -2.16. The number of amides is 1. The summed E-state index contributed by atoms with van der Waals surface area (Å²) < 4.78 is 1.30. The van der Waals surface area contributed by atoms with Crippen molar-refractivity contribution in [3.8, 4) is 0 Å². The van der Waals surface area contributed by atoms with Gasteiger partial charge < -0.3 is 15.1 Å². The highest BCUT2D eigenvalue weighted by atomic mass is 16.2. The van der Waals surface area contributed by atoms with Crippen LogP contribution in [0.1, 0.15) is 30.3 Å². The van der Waals surface area contributed by atoms with Gasteiger partial charge in [0.1, 0.15) is 6.54 Å². The van der Waals surface area contributed by atoms with Crippen LogP contribution in [0.4, 0.5) is 11.9 Å². The molecule has 0 radical (unpaired) electrons. The normalized spacial score (nSPS) is 13.3. The number of nitrogens with one attached hydrogen (secondary N) is 1. The van der Waals surface area contributed by atoms with Gasteiger partial charge in [-0.15, -0.1) is 0 Å². The summed E-state index contributed by atoms with van der Waals surface area (Å²) >= 11 is 0. The van der Waals surface area contributed by atoms with Gasteiger partial charge in [0.05, 0.1) is 18.6 Å². The third kappa shape index (κ3) is 4.78. The summed E-state index contributed by atoms with van der Waals surface area (Å²) in [6.07, 6.45) is 3.59. The Labute approximate surface area is 157 Å². The molecule has 1 aliphatic rings. The molecule has 2 heterocycles. The van der Waals surface area contributed by atoms with Gasteiger partial charge in [0, 0.05) is 40.2 Å². The van der Waals surface area contributed by atoms with Gasteiger partial charge in [-0.3, -0.25) is 14.2 Å². The predicted molar refractivity (Wildman–Crippen MR) is 101 cm³/mol. The highest BCUT2D eigenvalue weighted by molar-refractivity contribution is 5.75. The zero-order valence-corrected chi connectivity index (χ0v) is 16.0. The van der Waals surface area contributed by atoms with E-state index in [1.54, 1.807) is 9.80 Å². The zero-order chi connectivity index (χ0) is 19.6. The predicted octanol–water partition coefficient (Wildman–Crippen LogP) is -0.246. The van der Waals surface area contributed by atoms with E-state index >= 15 is 0 Å². The zero-order valence-electron chi connectivity index (χ0n) is 16.0. The number of nitrogens with zero attached hydrogens (tertiary/aromatic N) is 7. The van der Waals surface area contributed by atoms with Gasteiger partial charge >= 0.3 is 0 Å². The van der Waals surface area contributed by atoms with E-state index in [-0.39, 0.29) is 24.6 Å². The molecule has 0 saturated heterocycles. The molecule has 0 spiro atoms. The minimum absolute atomic E-state index is 0.0943. The molecular formula is C17H24N8O2. The lowest BCUT2D eigenvalue weighted by atomic mass is 10.3. The van der Waals surface area contributed by atoms with Gasteiger partial charge in [-0.25, -0.2) is 4.98 Å². The van der Waals surface area contributed by atoms with E-state index in [1.807, 2.05) is 28.2 Å². The van der Waals surface area contributed by atoms with Crippen molar-refractivity contribution in [1.82, 2.24) is 29.8 Å². The number of aromatic nitrogens is 5. The first-order valence-electron chi connectivity index (χ1n) is 8.76. The van der Waals surface area contributed by atoms with Crippen LogP contribution in [0.25, 0.3) is 0 Å². The van der Waals surface area contributed by atoms with Gasteiger partial charge in [-0.1, -0.05) is 0 Å². The molecule has 27 heavy (non-hydrogen) atoms. The number of carbonyl (C=O) groups excluding carboxylic acids is 1. The second-order valence-corrected chi connectivity index (χ2v) is 6.97. The van der Waals surface area contributed by atoms with Crippen molar-refractivity contribution in [3.05, 3.63) is 34.3 Å². The maximum atomic E-state index is 12.2. The molecule has 0 unspecified atom stereocenters. The summed E-state index contributed by atoms with van der Waals surface area (Å²) in [5.41, 5.74) is 0.598. The van der Waals surface area contributed by atoms with Crippen molar-refractivity contribution >= 4 is 17.8 Å². The lowest BCUT2D eigenvalue weighted by molar-refractivity contribution is -0.121. The fraction of sp³-hybridized carbons (Fsp3) is 0.529. The average molecular weight is 372 g/mol. The van der Waals surface area contributed by atoms with Crippen molar-refractivity contribution in [2.45, 2.75) is 31.8 Å². The van der Waals surface area contributed by atoms with E-state index in [0.29, 0.717) is 23.6 Å². The molecule has 1 N–H and O–H groups in total. The molecule has 1 aliphatic carbocycles. The SMILES string of the molecule is CN(C)c1nc(CNC(=O)Cn2cnc(C3CC3)cc2=O)nc(N(C)C)n1. The third-order valence-corrected chi connectivity index (χ3v) is 4.11. The number of hydrogen-bond acceptors (Lipinski definition) is 8. The van der Waals surface area contributed by atoms with E-state index in [4.69, 9.17) is 0 Å². The third-order valence-electron chi connectivity index (χ3n) is 4.11. The van der Waals surface area contributed by atoms with Gasteiger partial charge in [0.2, 0.25) is 17.8 Å². The van der Waals surface area contributed by atoms with Crippen LogP contribution in [0.5, 0.6) is 0 Å². The number of anilines is 2. The Balaban J connectivity index is 1.64. The number of carbonyl (C=O) groups is 1. The van der Waals surface area contributed by atoms with E-state index in [2.05, 4.69) is 25.3 Å². The van der Waals surface area contributed by atoms with Crippen molar-refractivity contribution in [3.63, 3.8) is 0 Å². The Morgan fingerprint density at radius 2 is 1.78 bits per heavy atom. The van der Waals surface area contributed by atoms with Crippen LogP contribution < -0.4 is 20.7 Å². The molecular weight excluding hydrogens is 348 g/mol. The van der Waals surface area contributed by atoms with E-state index < -0.39 is 0 Å². The summed E-state index contributed by atoms with van der Waals surface area (Å²) in [5.74, 6) is 1.56. The first-order valence-corrected chi connectivity index (χ1v) is 8.76. The Hall–Kier alpha value is -3.04. The molecule has 1 saturated carbocycles. The number of rotatable bonds is 7. The van der Waals surface area contributed by atoms with Crippen LogP contribution in [0.2, 0.25) is 0 Å². The van der Waals surface area contributed by atoms with Crippen LogP contribution in [0.3, 0.4) is 0 Å². The van der Waals surface area contributed by atoms with Crippen molar-refractivity contribution in [2.75, 3.05) is 38.0 Å². The second-order valence-electron chi connectivity index (χ2n) is 6.97. The monoisotopic (exact) mass is 372 g/mol. The molecule has 2 aromatic heterocycles. The second kappa shape index (κ2) is 7.68. The summed E-state index contributed by atoms with van der Waals surface area (Å²) in [4.78, 5) is 45.1. The quantitative estimate of drug-likeness (QED) is 0.709. The molecule has 1 fully saturated rings. The molecule has 144 valence electrons. The first kappa shape index (κ1) is 18.7. The standard InChI is InChI=1S/C17H24N8O2/c1-23(2)16-20-13(21-17(22-16)24(3)4)8-18-14(26)9-25-10-19-12(7-15(25)27)11-5-6-11/h7,10-11H,5-6,8-9H2,1-4H3,(H,18,26). The largest absolute Gasteiger partial charge is 0.347 e. The van der Waals surface area contributed by atoms with Gasteiger partial charge in [0.15, 0.2) is 5.82 Å². The van der Waals surface area contributed by atoms with Crippen LogP contribution >= 0.6 is 0 Å². The smallest absolute Gasteiger partial charge is 0.254 e. The van der Waals surface area contributed by atoms with Crippen LogP contribution in [0.15, 0.2) is 17.2 Å². The summed E-state index contributed by atoms with van der Waals surface area (Å²) in [6.45, 7) is 0.0499.